The molecule has 2 unspecified atom stereocenters. The topological polar surface area (TPSA) is 53.4 Å². The zero-order valence-electron chi connectivity index (χ0n) is 15.3. The fourth-order valence-corrected chi connectivity index (χ4v) is 4.18. The number of benzene rings is 2. The van der Waals surface area contributed by atoms with Crippen molar-refractivity contribution in [2.75, 3.05) is 13.1 Å². The molecule has 1 fully saturated rings. The average molecular weight is 360 g/mol. The van der Waals surface area contributed by atoms with Crippen molar-refractivity contribution in [3.05, 3.63) is 78.1 Å². The first-order valence-electron chi connectivity index (χ1n) is 9.57. The largest absolute Gasteiger partial charge is 0.481 e. The van der Waals surface area contributed by atoms with E-state index in [4.69, 9.17) is 0 Å². The molecule has 4 nitrogen and oxygen atoms in total. The van der Waals surface area contributed by atoms with E-state index in [0.717, 1.165) is 31.5 Å². The van der Waals surface area contributed by atoms with Crippen molar-refractivity contribution in [2.45, 2.75) is 25.3 Å². The molecule has 0 aliphatic carbocycles. The van der Waals surface area contributed by atoms with Gasteiger partial charge in [-0.2, -0.15) is 0 Å². The Morgan fingerprint density at radius 1 is 1.11 bits per heavy atom. The van der Waals surface area contributed by atoms with Gasteiger partial charge in [-0.05, 0) is 47.9 Å². The van der Waals surface area contributed by atoms with Crippen LogP contribution in [0.15, 0.2) is 66.9 Å². The van der Waals surface area contributed by atoms with Crippen LogP contribution in [-0.2, 0) is 11.2 Å². The maximum absolute atomic E-state index is 11.6. The molecule has 0 amide bonds. The lowest BCUT2D eigenvalue weighted by atomic mass is 9.90. The van der Waals surface area contributed by atoms with E-state index in [1.165, 1.54) is 16.3 Å². The lowest BCUT2D eigenvalue weighted by Crippen LogP contribution is -2.41. The molecule has 0 saturated carbocycles. The van der Waals surface area contributed by atoms with Gasteiger partial charge >= 0.3 is 5.97 Å². The number of pyridine rings is 1. The van der Waals surface area contributed by atoms with Gasteiger partial charge in [-0.1, -0.05) is 48.5 Å². The third-order valence-electron chi connectivity index (χ3n) is 5.55. The number of carbonyl (C=O) groups is 1. The van der Waals surface area contributed by atoms with Gasteiger partial charge in [0.05, 0.1) is 5.92 Å². The van der Waals surface area contributed by atoms with Crippen LogP contribution in [0.25, 0.3) is 10.8 Å². The molecule has 0 spiro atoms. The molecule has 138 valence electrons. The number of hydrogen-bond acceptors (Lipinski definition) is 3. The maximum Gasteiger partial charge on any atom is 0.307 e. The number of likely N-dealkylation sites (tertiary alicyclic amines) is 1. The predicted octanol–water partition coefficient (Wildman–Crippen LogP) is 4.32. The Morgan fingerprint density at radius 3 is 2.74 bits per heavy atom. The smallest absolute Gasteiger partial charge is 0.307 e. The summed E-state index contributed by atoms with van der Waals surface area (Å²) in [5, 5.41) is 12.0. The summed E-state index contributed by atoms with van der Waals surface area (Å²) in [6.45, 7) is 1.51. The van der Waals surface area contributed by atoms with Gasteiger partial charge in [0, 0.05) is 30.9 Å². The van der Waals surface area contributed by atoms with E-state index in [-0.39, 0.29) is 12.0 Å². The van der Waals surface area contributed by atoms with E-state index in [1.54, 1.807) is 0 Å². The molecule has 2 heterocycles. The molecule has 3 aromatic rings. The standard InChI is InChI=1S/C23H24N2O2/c26-23(27)18-9-6-14-25(16-18)22(15-19-10-3-4-13-24-19)21-12-5-8-17-7-1-2-11-20(17)21/h1-5,7-8,10-13,18,22H,6,9,14-16H2,(H,26,27). The van der Waals surface area contributed by atoms with Crippen LogP contribution in [0.3, 0.4) is 0 Å². The number of piperidine rings is 1. The van der Waals surface area contributed by atoms with Gasteiger partial charge in [-0.3, -0.25) is 14.7 Å². The van der Waals surface area contributed by atoms with Crippen LogP contribution in [-0.4, -0.2) is 34.0 Å². The number of aliphatic carboxylic acids is 1. The fourth-order valence-electron chi connectivity index (χ4n) is 4.18. The van der Waals surface area contributed by atoms with Crippen LogP contribution >= 0.6 is 0 Å². The average Bonchev–Trinajstić information content (AvgIpc) is 2.72. The highest BCUT2D eigenvalue weighted by atomic mass is 16.4. The van der Waals surface area contributed by atoms with Crippen molar-refractivity contribution in [3.63, 3.8) is 0 Å². The summed E-state index contributed by atoms with van der Waals surface area (Å²) in [4.78, 5) is 18.5. The molecule has 2 atom stereocenters. The zero-order chi connectivity index (χ0) is 18.6. The number of carboxylic acid groups (broad SMARTS) is 1. The van der Waals surface area contributed by atoms with Crippen molar-refractivity contribution in [3.8, 4) is 0 Å². The summed E-state index contributed by atoms with van der Waals surface area (Å²) >= 11 is 0. The number of aromatic nitrogens is 1. The number of nitrogens with zero attached hydrogens (tertiary/aromatic N) is 2. The van der Waals surface area contributed by atoms with Gasteiger partial charge < -0.3 is 5.11 Å². The van der Waals surface area contributed by atoms with Crippen molar-refractivity contribution in [2.24, 2.45) is 5.92 Å². The van der Waals surface area contributed by atoms with E-state index in [0.29, 0.717) is 6.54 Å². The summed E-state index contributed by atoms with van der Waals surface area (Å²) < 4.78 is 0. The quantitative estimate of drug-likeness (QED) is 0.736. The molecule has 27 heavy (non-hydrogen) atoms. The summed E-state index contributed by atoms with van der Waals surface area (Å²) in [5.41, 5.74) is 2.29. The van der Waals surface area contributed by atoms with Crippen LogP contribution in [0.4, 0.5) is 0 Å². The summed E-state index contributed by atoms with van der Waals surface area (Å²) in [6.07, 6.45) is 4.28. The third-order valence-corrected chi connectivity index (χ3v) is 5.55. The zero-order valence-corrected chi connectivity index (χ0v) is 15.3. The Balaban J connectivity index is 1.74. The molecule has 1 aliphatic heterocycles. The van der Waals surface area contributed by atoms with E-state index in [1.807, 2.05) is 18.3 Å². The molecule has 2 aromatic carbocycles. The highest BCUT2D eigenvalue weighted by Crippen LogP contribution is 2.33. The molecule has 0 radical (unpaired) electrons. The Labute approximate surface area is 159 Å². The summed E-state index contributed by atoms with van der Waals surface area (Å²) in [6, 6.07) is 20.9. The van der Waals surface area contributed by atoms with Gasteiger partial charge in [0.2, 0.25) is 0 Å². The normalized spacial score (nSPS) is 19.0. The van der Waals surface area contributed by atoms with Crippen molar-refractivity contribution in [1.82, 2.24) is 9.88 Å². The second-order valence-corrected chi connectivity index (χ2v) is 7.28. The van der Waals surface area contributed by atoms with Gasteiger partial charge in [-0.15, -0.1) is 0 Å². The molecule has 1 saturated heterocycles. The molecule has 1 aliphatic rings. The molecule has 4 rings (SSSR count). The fraction of sp³-hybridized carbons (Fsp3) is 0.304. The Bertz CT molecular complexity index is 921. The summed E-state index contributed by atoms with van der Waals surface area (Å²) in [5.74, 6) is -0.978. The summed E-state index contributed by atoms with van der Waals surface area (Å²) in [7, 11) is 0. The van der Waals surface area contributed by atoms with Gasteiger partial charge in [0.15, 0.2) is 0 Å². The molecular weight excluding hydrogens is 336 g/mol. The van der Waals surface area contributed by atoms with E-state index < -0.39 is 5.97 Å². The van der Waals surface area contributed by atoms with Crippen molar-refractivity contribution < 1.29 is 9.90 Å². The molecular formula is C23H24N2O2. The van der Waals surface area contributed by atoms with Crippen LogP contribution in [0.5, 0.6) is 0 Å². The monoisotopic (exact) mass is 360 g/mol. The minimum absolute atomic E-state index is 0.119. The van der Waals surface area contributed by atoms with E-state index in [9.17, 15) is 9.90 Å². The molecule has 0 bridgehead atoms. The van der Waals surface area contributed by atoms with Crippen molar-refractivity contribution >= 4 is 16.7 Å². The molecule has 4 heteroatoms. The number of hydrogen-bond donors (Lipinski definition) is 1. The first-order valence-corrected chi connectivity index (χ1v) is 9.57. The van der Waals surface area contributed by atoms with E-state index in [2.05, 4.69) is 58.4 Å². The lowest BCUT2D eigenvalue weighted by molar-refractivity contribution is -0.144. The number of rotatable bonds is 5. The van der Waals surface area contributed by atoms with Gasteiger partial charge in [0.25, 0.3) is 0 Å². The van der Waals surface area contributed by atoms with Gasteiger partial charge in [-0.25, -0.2) is 0 Å². The Hall–Kier alpha value is -2.72. The van der Waals surface area contributed by atoms with Crippen LogP contribution in [0.1, 0.15) is 30.1 Å². The van der Waals surface area contributed by atoms with Gasteiger partial charge in [0.1, 0.15) is 0 Å². The number of carboxylic acids is 1. The molecule has 1 aromatic heterocycles. The number of fused-ring (bicyclic) bond motifs is 1. The van der Waals surface area contributed by atoms with Crippen LogP contribution < -0.4 is 0 Å². The molecule has 1 N–H and O–H groups in total. The maximum atomic E-state index is 11.6. The predicted molar refractivity (Wildman–Crippen MR) is 107 cm³/mol. The highest BCUT2D eigenvalue weighted by molar-refractivity contribution is 5.86. The lowest BCUT2D eigenvalue weighted by Gasteiger charge is -2.37. The van der Waals surface area contributed by atoms with Crippen molar-refractivity contribution in [1.29, 1.82) is 0 Å². The first kappa shape index (κ1) is 17.7. The second kappa shape index (κ2) is 7.89. The first-order chi connectivity index (χ1) is 13.2. The SMILES string of the molecule is O=C(O)C1CCCN(C(Cc2ccccn2)c2cccc3ccccc23)C1. The van der Waals surface area contributed by atoms with Crippen LogP contribution in [0.2, 0.25) is 0 Å². The Morgan fingerprint density at radius 2 is 1.93 bits per heavy atom. The second-order valence-electron chi connectivity index (χ2n) is 7.28. The Kier molecular flexibility index (Phi) is 5.16. The highest BCUT2D eigenvalue weighted by Gasteiger charge is 2.31. The van der Waals surface area contributed by atoms with E-state index >= 15 is 0 Å². The third kappa shape index (κ3) is 3.86. The minimum Gasteiger partial charge on any atom is -0.481 e. The minimum atomic E-state index is -0.686. The van der Waals surface area contributed by atoms with Crippen LogP contribution in [0, 0.1) is 5.92 Å².